The smallest absolute Gasteiger partial charge is 0.125 e. The minimum absolute atomic E-state index is 0.210. The molecule has 16 heavy (non-hydrogen) atoms. The van der Waals surface area contributed by atoms with E-state index in [9.17, 15) is 4.39 Å². The standard InChI is InChI=1S/C12H19FN2O/c1-15(8-9-16-2)7-6-14-12-5-3-4-11(13)10-12/h3-5,10,14H,6-9H2,1-2H3. The number of halogens is 1. The number of likely N-dealkylation sites (N-methyl/N-ethyl adjacent to an activating group) is 1. The van der Waals surface area contributed by atoms with Crippen LogP contribution in [0.2, 0.25) is 0 Å². The number of anilines is 1. The van der Waals surface area contributed by atoms with E-state index in [0.29, 0.717) is 0 Å². The molecular formula is C12H19FN2O. The fourth-order valence-electron chi connectivity index (χ4n) is 1.35. The van der Waals surface area contributed by atoms with Gasteiger partial charge in [-0.05, 0) is 25.2 Å². The Morgan fingerprint density at radius 2 is 2.19 bits per heavy atom. The highest BCUT2D eigenvalue weighted by molar-refractivity contribution is 5.42. The van der Waals surface area contributed by atoms with Gasteiger partial charge in [-0.2, -0.15) is 0 Å². The Bertz CT molecular complexity index is 307. The molecule has 1 rings (SSSR count). The third-order valence-corrected chi connectivity index (χ3v) is 2.32. The van der Waals surface area contributed by atoms with Crippen molar-refractivity contribution in [1.29, 1.82) is 0 Å². The lowest BCUT2D eigenvalue weighted by atomic mass is 10.3. The van der Waals surface area contributed by atoms with Crippen molar-refractivity contribution in [2.45, 2.75) is 0 Å². The molecule has 0 atom stereocenters. The third kappa shape index (κ3) is 5.09. The fourth-order valence-corrected chi connectivity index (χ4v) is 1.35. The normalized spacial score (nSPS) is 10.8. The molecule has 0 aliphatic carbocycles. The van der Waals surface area contributed by atoms with Crippen molar-refractivity contribution >= 4 is 5.69 Å². The number of methoxy groups -OCH3 is 1. The summed E-state index contributed by atoms with van der Waals surface area (Å²) in [4.78, 5) is 2.16. The molecule has 0 radical (unpaired) electrons. The first-order chi connectivity index (χ1) is 7.72. The van der Waals surface area contributed by atoms with Crippen molar-refractivity contribution < 1.29 is 9.13 Å². The molecule has 0 saturated heterocycles. The lowest BCUT2D eigenvalue weighted by Crippen LogP contribution is -2.28. The summed E-state index contributed by atoms with van der Waals surface area (Å²) in [7, 11) is 3.73. The molecule has 0 aliphatic rings. The van der Waals surface area contributed by atoms with Crippen LogP contribution in [0, 0.1) is 5.82 Å². The molecule has 1 aromatic rings. The van der Waals surface area contributed by atoms with Gasteiger partial charge in [0.05, 0.1) is 6.61 Å². The lowest BCUT2D eigenvalue weighted by Gasteiger charge is -2.16. The average molecular weight is 226 g/mol. The predicted octanol–water partition coefficient (Wildman–Crippen LogP) is 1.82. The van der Waals surface area contributed by atoms with E-state index in [0.717, 1.165) is 31.9 Å². The molecule has 90 valence electrons. The highest BCUT2D eigenvalue weighted by atomic mass is 19.1. The van der Waals surface area contributed by atoms with E-state index < -0.39 is 0 Å². The van der Waals surface area contributed by atoms with Crippen molar-refractivity contribution in [1.82, 2.24) is 4.90 Å². The zero-order valence-corrected chi connectivity index (χ0v) is 9.87. The van der Waals surface area contributed by atoms with Crippen LogP contribution in [0.15, 0.2) is 24.3 Å². The summed E-state index contributed by atoms with van der Waals surface area (Å²) in [6.07, 6.45) is 0. The maximum absolute atomic E-state index is 12.9. The van der Waals surface area contributed by atoms with Gasteiger partial charge in [-0.25, -0.2) is 4.39 Å². The average Bonchev–Trinajstić information content (AvgIpc) is 2.26. The molecule has 0 saturated carbocycles. The highest BCUT2D eigenvalue weighted by Gasteiger charge is 1.98. The topological polar surface area (TPSA) is 24.5 Å². The van der Waals surface area contributed by atoms with Crippen LogP contribution in [0.3, 0.4) is 0 Å². The van der Waals surface area contributed by atoms with Crippen LogP contribution in [0.25, 0.3) is 0 Å². The molecule has 3 nitrogen and oxygen atoms in total. The van der Waals surface area contributed by atoms with Gasteiger partial charge in [0.15, 0.2) is 0 Å². The largest absolute Gasteiger partial charge is 0.384 e. The summed E-state index contributed by atoms with van der Waals surface area (Å²) in [5.74, 6) is -0.210. The van der Waals surface area contributed by atoms with E-state index in [1.165, 1.54) is 12.1 Å². The first-order valence-corrected chi connectivity index (χ1v) is 5.39. The van der Waals surface area contributed by atoms with Crippen molar-refractivity contribution in [3.63, 3.8) is 0 Å². The fraction of sp³-hybridized carbons (Fsp3) is 0.500. The van der Waals surface area contributed by atoms with Gasteiger partial charge in [0.25, 0.3) is 0 Å². The Hall–Kier alpha value is -1.13. The Morgan fingerprint density at radius 3 is 2.88 bits per heavy atom. The lowest BCUT2D eigenvalue weighted by molar-refractivity contribution is 0.163. The van der Waals surface area contributed by atoms with Crippen molar-refractivity contribution in [2.24, 2.45) is 0 Å². The Morgan fingerprint density at radius 1 is 1.38 bits per heavy atom. The van der Waals surface area contributed by atoms with Crippen LogP contribution < -0.4 is 5.32 Å². The van der Waals surface area contributed by atoms with E-state index in [4.69, 9.17) is 4.74 Å². The molecule has 0 heterocycles. The van der Waals surface area contributed by atoms with Crippen LogP contribution in [0.5, 0.6) is 0 Å². The van der Waals surface area contributed by atoms with E-state index in [-0.39, 0.29) is 5.82 Å². The van der Waals surface area contributed by atoms with Gasteiger partial charge in [0.2, 0.25) is 0 Å². The summed E-state index contributed by atoms with van der Waals surface area (Å²) < 4.78 is 17.8. The maximum Gasteiger partial charge on any atom is 0.125 e. The van der Waals surface area contributed by atoms with Crippen LogP contribution in [-0.2, 0) is 4.74 Å². The summed E-state index contributed by atoms with van der Waals surface area (Å²) in [6.45, 7) is 3.33. The van der Waals surface area contributed by atoms with Crippen molar-refractivity contribution in [3.8, 4) is 0 Å². The first-order valence-electron chi connectivity index (χ1n) is 5.39. The second-order valence-corrected chi connectivity index (χ2v) is 3.73. The number of hydrogen-bond acceptors (Lipinski definition) is 3. The second kappa shape index (κ2) is 7.19. The van der Waals surface area contributed by atoms with Crippen molar-refractivity contribution in [2.75, 3.05) is 45.7 Å². The van der Waals surface area contributed by atoms with Crippen LogP contribution in [0.4, 0.5) is 10.1 Å². The second-order valence-electron chi connectivity index (χ2n) is 3.73. The maximum atomic E-state index is 12.9. The molecular weight excluding hydrogens is 207 g/mol. The molecule has 1 N–H and O–H groups in total. The highest BCUT2D eigenvalue weighted by Crippen LogP contribution is 2.08. The van der Waals surface area contributed by atoms with Crippen LogP contribution in [-0.4, -0.2) is 45.3 Å². The molecule has 0 aromatic heterocycles. The van der Waals surface area contributed by atoms with Crippen molar-refractivity contribution in [3.05, 3.63) is 30.1 Å². The first kappa shape index (κ1) is 12.9. The van der Waals surface area contributed by atoms with Gasteiger partial charge in [0.1, 0.15) is 5.82 Å². The molecule has 0 fully saturated rings. The van der Waals surface area contributed by atoms with Crippen LogP contribution in [0.1, 0.15) is 0 Å². The number of nitrogens with zero attached hydrogens (tertiary/aromatic N) is 1. The minimum atomic E-state index is -0.210. The number of ether oxygens (including phenoxy) is 1. The zero-order chi connectivity index (χ0) is 11.8. The Balaban J connectivity index is 2.20. The third-order valence-electron chi connectivity index (χ3n) is 2.32. The predicted molar refractivity (Wildman–Crippen MR) is 64.3 cm³/mol. The van der Waals surface area contributed by atoms with E-state index in [1.807, 2.05) is 13.1 Å². The molecule has 0 bridgehead atoms. The Kier molecular flexibility index (Phi) is 5.82. The molecule has 0 unspecified atom stereocenters. The van der Waals surface area contributed by atoms with Gasteiger partial charge in [-0.1, -0.05) is 6.07 Å². The number of rotatable bonds is 7. The van der Waals surface area contributed by atoms with Gasteiger partial charge < -0.3 is 15.0 Å². The Labute approximate surface area is 96.2 Å². The van der Waals surface area contributed by atoms with Gasteiger partial charge in [-0.15, -0.1) is 0 Å². The van der Waals surface area contributed by atoms with Gasteiger partial charge in [0, 0.05) is 32.4 Å². The number of benzene rings is 1. The summed E-state index contributed by atoms with van der Waals surface area (Å²) in [5, 5.41) is 3.17. The van der Waals surface area contributed by atoms with E-state index in [1.54, 1.807) is 13.2 Å². The summed E-state index contributed by atoms with van der Waals surface area (Å²) in [6, 6.07) is 6.50. The van der Waals surface area contributed by atoms with Gasteiger partial charge in [-0.3, -0.25) is 0 Å². The molecule has 0 aliphatic heterocycles. The number of hydrogen-bond donors (Lipinski definition) is 1. The number of nitrogens with one attached hydrogen (secondary N) is 1. The van der Waals surface area contributed by atoms with Gasteiger partial charge >= 0.3 is 0 Å². The zero-order valence-electron chi connectivity index (χ0n) is 9.87. The van der Waals surface area contributed by atoms with Crippen LogP contribution >= 0.6 is 0 Å². The SMILES string of the molecule is COCCN(C)CCNc1cccc(F)c1. The quantitative estimate of drug-likeness (QED) is 0.767. The van der Waals surface area contributed by atoms with E-state index >= 15 is 0 Å². The summed E-state index contributed by atoms with van der Waals surface area (Å²) in [5.41, 5.74) is 0.820. The molecule has 1 aromatic carbocycles. The molecule has 4 heteroatoms. The summed E-state index contributed by atoms with van der Waals surface area (Å²) >= 11 is 0. The monoisotopic (exact) mass is 226 g/mol. The van der Waals surface area contributed by atoms with E-state index in [2.05, 4.69) is 10.2 Å². The molecule has 0 amide bonds. The molecule has 0 spiro atoms. The minimum Gasteiger partial charge on any atom is -0.384 e.